The zero-order valence-electron chi connectivity index (χ0n) is 17.6. The van der Waals surface area contributed by atoms with Gasteiger partial charge in [0.2, 0.25) is 5.91 Å². The standard InChI is InChI=1S/C23H18ClF3N2O4S/c1-15(30)16-6-5-7-18(12-16)28-22(31)14-29(34(32,33)19-8-3-2-4-9-19)21-13-17(23(25,26)27)10-11-20(21)24/h2-13H,14H2,1H3,(H,28,31). The van der Waals surface area contributed by atoms with Crippen molar-refractivity contribution in [2.45, 2.75) is 18.0 Å². The van der Waals surface area contributed by atoms with Gasteiger partial charge in [0.05, 0.1) is 21.2 Å². The molecule has 0 saturated heterocycles. The van der Waals surface area contributed by atoms with Gasteiger partial charge in [0.15, 0.2) is 5.78 Å². The molecule has 1 amide bonds. The van der Waals surface area contributed by atoms with Crippen LogP contribution in [-0.2, 0) is 21.0 Å². The third-order valence-corrected chi connectivity index (χ3v) is 6.81. The first-order valence-corrected chi connectivity index (χ1v) is 11.6. The molecule has 34 heavy (non-hydrogen) atoms. The van der Waals surface area contributed by atoms with Crippen LogP contribution in [0.5, 0.6) is 0 Å². The smallest absolute Gasteiger partial charge is 0.324 e. The van der Waals surface area contributed by atoms with E-state index in [1.165, 1.54) is 55.5 Å². The quantitative estimate of drug-likeness (QED) is 0.432. The summed E-state index contributed by atoms with van der Waals surface area (Å²) in [6.45, 7) is 0.466. The molecule has 0 radical (unpaired) electrons. The number of Topliss-reactive ketones (excluding diaryl/α,β-unsaturated/α-hetero) is 1. The van der Waals surface area contributed by atoms with E-state index in [2.05, 4.69) is 5.32 Å². The van der Waals surface area contributed by atoms with E-state index in [4.69, 9.17) is 11.6 Å². The van der Waals surface area contributed by atoms with Gasteiger partial charge in [0.25, 0.3) is 10.0 Å². The minimum absolute atomic E-state index is 0.213. The first-order valence-electron chi connectivity index (χ1n) is 9.75. The van der Waals surface area contributed by atoms with Crippen molar-refractivity contribution in [1.82, 2.24) is 0 Å². The van der Waals surface area contributed by atoms with Crippen LogP contribution in [0.1, 0.15) is 22.8 Å². The van der Waals surface area contributed by atoms with Crippen molar-refractivity contribution >= 4 is 44.7 Å². The lowest BCUT2D eigenvalue weighted by molar-refractivity contribution is -0.137. The van der Waals surface area contributed by atoms with Gasteiger partial charge in [0, 0.05) is 11.3 Å². The molecule has 0 aliphatic rings. The molecule has 0 unspecified atom stereocenters. The maximum atomic E-state index is 13.3. The number of carbonyl (C=O) groups excluding carboxylic acids is 2. The van der Waals surface area contributed by atoms with Gasteiger partial charge in [-0.15, -0.1) is 0 Å². The van der Waals surface area contributed by atoms with E-state index in [0.29, 0.717) is 22.0 Å². The minimum Gasteiger partial charge on any atom is -0.324 e. The number of ketones is 1. The monoisotopic (exact) mass is 510 g/mol. The number of nitrogens with zero attached hydrogens (tertiary/aromatic N) is 1. The topological polar surface area (TPSA) is 83.6 Å². The number of amides is 1. The summed E-state index contributed by atoms with van der Waals surface area (Å²) in [6, 6.07) is 15.1. The Labute approximate surface area is 199 Å². The summed E-state index contributed by atoms with van der Waals surface area (Å²) >= 11 is 6.09. The predicted molar refractivity (Wildman–Crippen MR) is 123 cm³/mol. The molecule has 6 nitrogen and oxygen atoms in total. The van der Waals surface area contributed by atoms with E-state index < -0.39 is 39.9 Å². The molecule has 0 atom stereocenters. The first-order chi connectivity index (χ1) is 15.9. The number of benzene rings is 3. The van der Waals surface area contributed by atoms with Gasteiger partial charge in [-0.05, 0) is 49.4 Å². The average Bonchev–Trinajstić information content (AvgIpc) is 2.78. The fourth-order valence-corrected chi connectivity index (χ4v) is 4.77. The number of carbonyl (C=O) groups is 2. The molecule has 178 valence electrons. The number of anilines is 2. The second-order valence-electron chi connectivity index (χ2n) is 7.17. The van der Waals surface area contributed by atoms with E-state index in [9.17, 15) is 31.2 Å². The van der Waals surface area contributed by atoms with Crippen molar-refractivity contribution in [2.24, 2.45) is 0 Å². The molecule has 1 N–H and O–H groups in total. The van der Waals surface area contributed by atoms with Crippen molar-refractivity contribution in [3.8, 4) is 0 Å². The molecule has 0 bridgehead atoms. The average molecular weight is 511 g/mol. The number of hydrogen-bond acceptors (Lipinski definition) is 4. The van der Waals surface area contributed by atoms with Crippen LogP contribution in [-0.4, -0.2) is 26.7 Å². The molecule has 3 aromatic rings. The molecule has 3 aromatic carbocycles. The molecule has 0 aliphatic carbocycles. The Morgan fingerprint density at radius 3 is 2.26 bits per heavy atom. The van der Waals surface area contributed by atoms with E-state index in [1.54, 1.807) is 6.07 Å². The first kappa shape index (κ1) is 25.3. The van der Waals surface area contributed by atoms with E-state index in [1.807, 2.05) is 0 Å². The molecule has 0 aromatic heterocycles. The van der Waals surface area contributed by atoms with Crippen LogP contribution in [0.2, 0.25) is 5.02 Å². The van der Waals surface area contributed by atoms with Crippen LogP contribution in [0.25, 0.3) is 0 Å². The van der Waals surface area contributed by atoms with Gasteiger partial charge >= 0.3 is 6.18 Å². The van der Waals surface area contributed by atoms with Gasteiger partial charge in [-0.1, -0.05) is 41.9 Å². The lowest BCUT2D eigenvalue weighted by Crippen LogP contribution is -2.38. The zero-order chi connectivity index (χ0) is 25.1. The van der Waals surface area contributed by atoms with Crippen LogP contribution >= 0.6 is 11.6 Å². The maximum absolute atomic E-state index is 13.3. The molecule has 3 rings (SSSR count). The molecule has 0 aliphatic heterocycles. The Hall–Kier alpha value is -3.37. The number of alkyl halides is 3. The highest BCUT2D eigenvalue weighted by atomic mass is 35.5. The van der Waals surface area contributed by atoms with Crippen LogP contribution < -0.4 is 9.62 Å². The van der Waals surface area contributed by atoms with Gasteiger partial charge in [-0.2, -0.15) is 13.2 Å². The molecular formula is C23H18ClF3N2O4S. The van der Waals surface area contributed by atoms with Crippen molar-refractivity contribution in [1.29, 1.82) is 0 Å². The number of halogens is 4. The van der Waals surface area contributed by atoms with Gasteiger partial charge in [0.1, 0.15) is 6.54 Å². The summed E-state index contributed by atoms with van der Waals surface area (Å²) in [7, 11) is -4.48. The molecule has 0 spiro atoms. The fourth-order valence-electron chi connectivity index (χ4n) is 3.05. The third kappa shape index (κ3) is 5.75. The van der Waals surface area contributed by atoms with Gasteiger partial charge < -0.3 is 5.32 Å². The number of hydrogen-bond donors (Lipinski definition) is 1. The van der Waals surface area contributed by atoms with E-state index in [0.717, 1.165) is 6.07 Å². The Balaban J connectivity index is 2.04. The predicted octanol–water partition coefficient (Wildman–Crippen LogP) is 5.40. The summed E-state index contributed by atoms with van der Waals surface area (Å²) in [5.41, 5.74) is -1.11. The lowest BCUT2D eigenvalue weighted by atomic mass is 10.1. The summed E-state index contributed by atoms with van der Waals surface area (Å²) in [5, 5.41) is 2.17. The van der Waals surface area contributed by atoms with Crippen LogP contribution in [0.15, 0.2) is 77.7 Å². The van der Waals surface area contributed by atoms with E-state index in [-0.39, 0.29) is 21.4 Å². The highest BCUT2D eigenvalue weighted by Gasteiger charge is 2.34. The SMILES string of the molecule is CC(=O)c1cccc(NC(=O)CN(c2cc(C(F)(F)F)ccc2Cl)S(=O)(=O)c2ccccc2)c1. The second kappa shape index (κ2) is 9.86. The van der Waals surface area contributed by atoms with Crippen LogP contribution in [0, 0.1) is 0 Å². The fraction of sp³-hybridized carbons (Fsp3) is 0.130. The summed E-state index contributed by atoms with van der Waals surface area (Å²) in [6.07, 6.45) is -4.77. The van der Waals surface area contributed by atoms with Crippen molar-refractivity contribution in [3.63, 3.8) is 0 Å². The number of nitrogens with one attached hydrogen (secondary N) is 1. The van der Waals surface area contributed by atoms with Crippen molar-refractivity contribution < 1.29 is 31.2 Å². The summed E-state index contributed by atoms with van der Waals surface area (Å²) in [5.74, 6) is -1.10. The normalized spacial score (nSPS) is 11.7. The highest BCUT2D eigenvalue weighted by molar-refractivity contribution is 7.92. The van der Waals surface area contributed by atoms with Crippen LogP contribution in [0.3, 0.4) is 0 Å². The van der Waals surface area contributed by atoms with E-state index >= 15 is 0 Å². The molecular weight excluding hydrogens is 493 g/mol. The molecule has 11 heteroatoms. The maximum Gasteiger partial charge on any atom is 0.416 e. The highest BCUT2D eigenvalue weighted by Crippen LogP contribution is 2.37. The molecule has 0 heterocycles. The Morgan fingerprint density at radius 2 is 1.65 bits per heavy atom. The summed E-state index contributed by atoms with van der Waals surface area (Å²) < 4.78 is 67.1. The second-order valence-corrected chi connectivity index (χ2v) is 9.44. The molecule has 0 fully saturated rings. The lowest BCUT2D eigenvalue weighted by Gasteiger charge is -2.26. The third-order valence-electron chi connectivity index (χ3n) is 4.71. The zero-order valence-corrected chi connectivity index (χ0v) is 19.2. The van der Waals surface area contributed by atoms with Crippen molar-refractivity contribution in [2.75, 3.05) is 16.2 Å². The Kier molecular flexibility index (Phi) is 7.32. The van der Waals surface area contributed by atoms with Gasteiger partial charge in [-0.25, -0.2) is 8.42 Å². The Morgan fingerprint density at radius 1 is 0.971 bits per heavy atom. The largest absolute Gasteiger partial charge is 0.416 e. The summed E-state index contributed by atoms with van der Waals surface area (Å²) in [4.78, 5) is 24.1. The van der Waals surface area contributed by atoms with Crippen LogP contribution in [0.4, 0.5) is 24.5 Å². The minimum atomic E-state index is -4.77. The number of sulfonamides is 1. The van der Waals surface area contributed by atoms with Crippen molar-refractivity contribution in [3.05, 3.63) is 88.9 Å². The Bertz CT molecular complexity index is 1330. The molecule has 0 saturated carbocycles. The number of rotatable bonds is 7. The van der Waals surface area contributed by atoms with Gasteiger partial charge in [-0.3, -0.25) is 13.9 Å².